The lowest BCUT2D eigenvalue weighted by Gasteiger charge is -2.45. The fourth-order valence-corrected chi connectivity index (χ4v) is 4.56. The molecule has 2 saturated carbocycles. The van der Waals surface area contributed by atoms with Gasteiger partial charge in [-0.25, -0.2) is 0 Å². The largest absolute Gasteiger partial charge is 0.375 e. The molecule has 3 fully saturated rings. The van der Waals surface area contributed by atoms with Crippen LogP contribution in [0.15, 0.2) is 0 Å². The smallest absolute Gasteiger partial charge is 0.104 e. The minimum absolute atomic E-state index is 0.423. The van der Waals surface area contributed by atoms with Gasteiger partial charge in [0.05, 0.1) is 19.3 Å². The van der Waals surface area contributed by atoms with E-state index in [4.69, 9.17) is 9.47 Å². The standard InChI is InChI=1S/C18H32O2/c1-18(2,14-6-4-3-5-7-14)15-8-10-16(11-9-15)19-12-17-13-20-17/h14-17H,3-13H2,1-2H3. The predicted octanol–water partition coefficient (Wildman–Crippen LogP) is 4.57. The number of hydrogen-bond acceptors (Lipinski definition) is 2. The molecule has 20 heavy (non-hydrogen) atoms. The Bertz CT molecular complexity index is 295. The Morgan fingerprint density at radius 3 is 2.10 bits per heavy atom. The first-order chi connectivity index (χ1) is 9.66. The van der Waals surface area contributed by atoms with Crippen molar-refractivity contribution in [1.29, 1.82) is 0 Å². The van der Waals surface area contributed by atoms with Gasteiger partial charge in [0.2, 0.25) is 0 Å². The zero-order chi connectivity index (χ0) is 14.0. The Balaban J connectivity index is 1.45. The van der Waals surface area contributed by atoms with Gasteiger partial charge in [-0.2, -0.15) is 0 Å². The van der Waals surface area contributed by atoms with Gasteiger partial charge in [0.25, 0.3) is 0 Å². The predicted molar refractivity (Wildman–Crippen MR) is 81.8 cm³/mol. The molecule has 0 radical (unpaired) electrons. The minimum Gasteiger partial charge on any atom is -0.375 e. The van der Waals surface area contributed by atoms with Crippen molar-refractivity contribution in [3.63, 3.8) is 0 Å². The van der Waals surface area contributed by atoms with Gasteiger partial charge >= 0.3 is 0 Å². The second-order valence-corrected chi connectivity index (χ2v) is 7.92. The molecule has 0 bridgehead atoms. The first kappa shape index (κ1) is 14.8. The summed E-state index contributed by atoms with van der Waals surface area (Å²) >= 11 is 0. The summed E-state index contributed by atoms with van der Waals surface area (Å²) in [7, 11) is 0. The van der Waals surface area contributed by atoms with E-state index in [2.05, 4.69) is 13.8 Å². The minimum atomic E-state index is 0.423. The normalized spacial score (nSPS) is 36.0. The molecule has 2 aliphatic carbocycles. The quantitative estimate of drug-likeness (QED) is 0.688. The average molecular weight is 280 g/mol. The molecular weight excluding hydrogens is 248 g/mol. The first-order valence-corrected chi connectivity index (χ1v) is 8.89. The summed E-state index contributed by atoms with van der Waals surface area (Å²) in [6.07, 6.45) is 13.6. The van der Waals surface area contributed by atoms with Crippen LogP contribution in [-0.2, 0) is 9.47 Å². The average Bonchev–Trinajstić information content (AvgIpc) is 3.31. The Kier molecular flexibility index (Phi) is 4.72. The molecule has 0 aromatic heterocycles. The van der Waals surface area contributed by atoms with E-state index in [9.17, 15) is 0 Å². The Morgan fingerprint density at radius 2 is 1.50 bits per heavy atom. The lowest BCUT2D eigenvalue weighted by molar-refractivity contribution is -0.0200. The van der Waals surface area contributed by atoms with E-state index in [1.165, 1.54) is 57.8 Å². The molecule has 3 rings (SSSR count). The maximum absolute atomic E-state index is 5.99. The zero-order valence-corrected chi connectivity index (χ0v) is 13.4. The van der Waals surface area contributed by atoms with Crippen LogP contribution < -0.4 is 0 Å². The summed E-state index contributed by atoms with van der Waals surface area (Å²) in [5.74, 6) is 1.89. The molecule has 0 aromatic carbocycles. The number of ether oxygens (including phenoxy) is 2. The third kappa shape index (κ3) is 3.57. The SMILES string of the molecule is CC(C)(C1CCCCC1)C1CCC(OCC2CO2)CC1. The fraction of sp³-hybridized carbons (Fsp3) is 1.00. The van der Waals surface area contributed by atoms with Crippen LogP contribution in [0.1, 0.15) is 71.6 Å². The lowest BCUT2D eigenvalue weighted by Crippen LogP contribution is -2.37. The molecule has 0 aromatic rings. The van der Waals surface area contributed by atoms with Crippen LogP contribution in [0.3, 0.4) is 0 Å². The lowest BCUT2D eigenvalue weighted by atomic mass is 9.61. The van der Waals surface area contributed by atoms with Crippen LogP contribution in [0, 0.1) is 17.3 Å². The maximum atomic E-state index is 5.99. The Hall–Kier alpha value is -0.0800. The van der Waals surface area contributed by atoms with Gasteiger partial charge in [-0.1, -0.05) is 33.1 Å². The van der Waals surface area contributed by atoms with Crippen molar-refractivity contribution >= 4 is 0 Å². The van der Waals surface area contributed by atoms with E-state index in [0.29, 0.717) is 17.6 Å². The summed E-state index contributed by atoms with van der Waals surface area (Å²) in [5.41, 5.74) is 0.547. The van der Waals surface area contributed by atoms with E-state index < -0.39 is 0 Å². The highest BCUT2D eigenvalue weighted by Gasteiger charge is 2.39. The number of hydrogen-bond donors (Lipinski definition) is 0. The van der Waals surface area contributed by atoms with Gasteiger partial charge in [0, 0.05) is 0 Å². The van der Waals surface area contributed by atoms with Crippen molar-refractivity contribution < 1.29 is 9.47 Å². The molecule has 2 nitrogen and oxygen atoms in total. The summed E-state index contributed by atoms with van der Waals surface area (Å²) in [5, 5.41) is 0. The van der Waals surface area contributed by atoms with Crippen LogP contribution in [0.2, 0.25) is 0 Å². The topological polar surface area (TPSA) is 21.8 Å². The molecule has 2 heteroatoms. The molecule has 1 heterocycles. The van der Waals surface area contributed by atoms with E-state index in [1.807, 2.05) is 0 Å². The molecule has 0 spiro atoms. The molecule has 1 unspecified atom stereocenters. The highest BCUT2D eigenvalue weighted by Crippen LogP contribution is 2.48. The summed E-state index contributed by atoms with van der Waals surface area (Å²) in [6.45, 7) is 6.85. The van der Waals surface area contributed by atoms with Crippen molar-refractivity contribution in [2.75, 3.05) is 13.2 Å². The van der Waals surface area contributed by atoms with Gasteiger partial charge in [-0.15, -0.1) is 0 Å². The Labute approximate surface area is 124 Å². The molecular formula is C18H32O2. The molecule has 0 N–H and O–H groups in total. The zero-order valence-electron chi connectivity index (χ0n) is 13.4. The van der Waals surface area contributed by atoms with Crippen LogP contribution >= 0.6 is 0 Å². The van der Waals surface area contributed by atoms with E-state index >= 15 is 0 Å². The highest BCUT2D eigenvalue weighted by molar-refractivity contribution is 4.89. The third-order valence-corrected chi connectivity index (χ3v) is 6.30. The second-order valence-electron chi connectivity index (χ2n) is 7.92. The van der Waals surface area contributed by atoms with E-state index in [-0.39, 0.29) is 0 Å². The van der Waals surface area contributed by atoms with E-state index in [0.717, 1.165) is 25.0 Å². The number of rotatable bonds is 5. The van der Waals surface area contributed by atoms with Gasteiger partial charge < -0.3 is 9.47 Å². The first-order valence-electron chi connectivity index (χ1n) is 8.89. The Morgan fingerprint density at radius 1 is 0.900 bits per heavy atom. The van der Waals surface area contributed by atoms with Gasteiger partial charge in [-0.05, 0) is 55.8 Å². The van der Waals surface area contributed by atoms with Crippen LogP contribution in [0.5, 0.6) is 0 Å². The highest BCUT2D eigenvalue weighted by atomic mass is 16.6. The van der Waals surface area contributed by atoms with Crippen LogP contribution in [0.4, 0.5) is 0 Å². The molecule has 3 aliphatic rings. The maximum Gasteiger partial charge on any atom is 0.104 e. The van der Waals surface area contributed by atoms with Crippen molar-refractivity contribution in [3.8, 4) is 0 Å². The second kappa shape index (κ2) is 6.36. The number of epoxide rings is 1. The van der Waals surface area contributed by atoms with Gasteiger partial charge in [0.15, 0.2) is 0 Å². The molecule has 116 valence electrons. The van der Waals surface area contributed by atoms with Crippen LogP contribution in [0.25, 0.3) is 0 Å². The summed E-state index contributed by atoms with van der Waals surface area (Å²) in [4.78, 5) is 0. The van der Waals surface area contributed by atoms with E-state index in [1.54, 1.807) is 0 Å². The molecule has 1 aliphatic heterocycles. The van der Waals surface area contributed by atoms with Crippen molar-refractivity contribution in [1.82, 2.24) is 0 Å². The molecule has 0 amide bonds. The summed E-state index contributed by atoms with van der Waals surface area (Å²) in [6, 6.07) is 0. The molecule has 1 atom stereocenters. The van der Waals surface area contributed by atoms with Gasteiger partial charge in [0.1, 0.15) is 6.10 Å². The van der Waals surface area contributed by atoms with Crippen molar-refractivity contribution in [2.45, 2.75) is 83.8 Å². The van der Waals surface area contributed by atoms with Crippen LogP contribution in [-0.4, -0.2) is 25.4 Å². The van der Waals surface area contributed by atoms with Crippen molar-refractivity contribution in [2.24, 2.45) is 17.3 Å². The fourth-order valence-electron chi connectivity index (χ4n) is 4.56. The van der Waals surface area contributed by atoms with Crippen molar-refractivity contribution in [3.05, 3.63) is 0 Å². The summed E-state index contributed by atoms with van der Waals surface area (Å²) < 4.78 is 11.2. The monoisotopic (exact) mass is 280 g/mol. The molecule has 1 saturated heterocycles. The van der Waals surface area contributed by atoms with Gasteiger partial charge in [-0.3, -0.25) is 0 Å². The third-order valence-electron chi connectivity index (χ3n) is 6.30.